The van der Waals surface area contributed by atoms with Crippen LogP contribution in [0.2, 0.25) is 0 Å². The van der Waals surface area contributed by atoms with Crippen LogP contribution in [0.1, 0.15) is 37.8 Å². The summed E-state index contributed by atoms with van der Waals surface area (Å²) in [5.41, 5.74) is 1.12. The Bertz CT molecular complexity index is 528. The van der Waals surface area contributed by atoms with Crippen LogP contribution in [0.5, 0.6) is 0 Å². The molecule has 2 fully saturated rings. The van der Waals surface area contributed by atoms with E-state index in [0.717, 1.165) is 18.4 Å². The number of nitrogens with zero attached hydrogens (tertiary/aromatic N) is 1. The molecule has 112 valence electrons. The molecule has 5 nitrogen and oxygen atoms in total. The topological polar surface area (TPSA) is 61.4 Å². The van der Waals surface area contributed by atoms with Crippen molar-refractivity contribution in [3.8, 4) is 0 Å². The Hall–Kier alpha value is -2.04. The number of nitrogens with one attached hydrogen (secondary N) is 2. The molecule has 1 aliphatic carbocycles. The molecule has 2 atom stereocenters. The third kappa shape index (κ3) is 3.35. The van der Waals surface area contributed by atoms with Gasteiger partial charge in [0.15, 0.2) is 0 Å². The molecule has 2 aliphatic rings. The van der Waals surface area contributed by atoms with Gasteiger partial charge in [0, 0.05) is 19.0 Å². The van der Waals surface area contributed by atoms with Gasteiger partial charge in [0.2, 0.25) is 5.91 Å². The van der Waals surface area contributed by atoms with E-state index in [1.807, 2.05) is 42.2 Å². The highest BCUT2D eigenvalue weighted by Crippen LogP contribution is 2.25. The average molecular weight is 287 g/mol. The minimum atomic E-state index is -0.149. The number of benzene rings is 1. The quantitative estimate of drug-likeness (QED) is 0.887. The largest absolute Gasteiger partial charge is 0.335 e. The number of rotatable bonds is 4. The summed E-state index contributed by atoms with van der Waals surface area (Å²) < 4.78 is 0. The molecule has 5 heteroatoms. The SMILES string of the molecule is CC(c1ccccc1)N1CC(NC(=O)NC2CC2)CC1=O. The van der Waals surface area contributed by atoms with E-state index in [2.05, 4.69) is 10.6 Å². The molecule has 0 aromatic heterocycles. The second-order valence-electron chi connectivity index (χ2n) is 5.93. The second kappa shape index (κ2) is 5.76. The van der Waals surface area contributed by atoms with Gasteiger partial charge in [0.05, 0.1) is 12.1 Å². The summed E-state index contributed by atoms with van der Waals surface area (Å²) in [7, 11) is 0. The fraction of sp³-hybridized carbons (Fsp3) is 0.500. The zero-order valence-corrected chi connectivity index (χ0v) is 12.2. The van der Waals surface area contributed by atoms with Gasteiger partial charge >= 0.3 is 6.03 Å². The van der Waals surface area contributed by atoms with Gasteiger partial charge in [-0.1, -0.05) is 30.3 Å². The summed E-state index contributed by atoms with van der Waals surface area (Å²) in [5, 5.41) is 5.80. The van der Waals surface area contributed by atoms with Gasteiger partial charge in [0.1, 0.15) is 0 Å². The van der Waals surface area contributed by atoms with Crippen molar-refractivity contribution in [3.63, 3.8) is 0 Å². The van der Waals surface area contributed by atoms with E-state index >= 15 is 0 Å². The molecular weight excluding hydrogens is 266 g/mol. The molecule has 3 amide bonds. The Balaban J connectivity index is 1.57. The molecule has 0 radical (unpaired) electrons. The van der Waals surface area contributed by atoms with Crippen molar-refractivity contribution in [1.82, 2.24) is 15.5 Å². The van der Waals surface area contributed by atoms with Crippen molar-refractivity contribution in [1.29, 1.82) is 0 Å². The van der Waals surface area contributed by atoms with Crippen LogP contribution >= 0.6 is 0 Å². The first-order valence-corrected chi connectivity index (χ1v) is 7.55. The third-order valence-electron chi connectivity index (χ3n) is 4.16. The normalized spacial score (nSPS) is 23.0. The van der Waals surface area contributed by atoms with E-state index in [1.54, 1.807) is 0 Å². The first-order valence-electron chi connectivity index (χ1n) is 7.55. The van der Waals surface area contributed by atoms with Gasteiger partial charge in [-0.3, -0.25) is 4.79 Å². The number of amides is 3. The molecule has 1 aromatic rings. The zero-order chi connectivity index (χ0) is 14.8. The van der Waals surface area contributed by atoms with Gasteiger partial charge < -0.3 is 15.5 Å². The third-order valence-corrected chi connectivity index (χ3v) is 4.16. The summed E-state index contributed by atoms with van der Waals surface area (Å²) in [5.74, 6) is 0.100. The lowest BCUT2D eigenvalue weighted by Crippen LogP contribution is -2.44. The van der Waals surface area contributed by atoms with Crippen LogP contribution < -0.4 is 10.6 Å². The van der Waals surface area contributed by atoms with Gasteiger partial charge in [-0.2, -0.15) is 0 Å². The van der Waals surface area contributed by atoms with Gasteiger partial charge in [-0.15, -0.1) is 0 Å². The van der Waals surface area contributed by atoms with Crippen molar-refractivity contribution in [2.45, 2.75) is 44.3 Å². The van der Waals surface area contributed by atoms with Crippen LogP contribution in [-0.2, 0) is 4.79 Å². The maximum Gasteiger partial charge on any atom is 0.315 e. The lowest BCUT2D eigenvalue weighted by atomic mass is 10.1. The molecule has 1 saturated heterocycles. The highest BCUT2D eigenvalue weighted by atomic mass is 16.2. The van der Waals surface area contributed by atoms with E-state index in [-0.39, 0.29) is 24.0 Å². The molecule has 1 aliphatic heterocycles. The van der Waals surface area contributed by atoms with E-state index in [0.29, 0.717) is 19.0 Å². The molecule has 2 unspecified atom stereocenters. The van der Waals surface area contributed by atoms with E-state index in [9.17, 15) is 9.59 Å². The Morgan fingerprint density at radius 3 is 2.52 bits per heavy atom. The predicted molar refractivity (Wildman–Crippen MR) is 79.7 cm³/mol. The van der Waals surface area contributed by atoms with E-state index in [4.69, 9.17) is 0 Å². The van der Waals surface area contributed by atoms with Gasteiger partial charge in [-0.05, 0) is 25.3 Å². The first-order chi connectivity index (χ1) is 10.1. The van der Waals surface area contributed by atoms with Crippen LogP contribution in [0.25, 0.3) is 0 Å². The van der Waals surface area contributed by atoms with Crippen molar-refractivity contribution in [2.75, 3.05) is 6.54 Å². The molecule has 1 aromatic carbocycles. The molecule has 0 bridgehead atoms. The lowest BCUT2D eigenvalue weighted by Gasteiger charge is -2.25. The van der Waals surface area contributed by atoms with Crippen LogP contribution in [0, 0.1) is 0 Å². The minimum Gasteiger partial charge on any atom is -0.335 e. The maximum absolute atomic E-state index is 12.2. The van der Waals surface area contributed by atoms with Crippen LogP contribution in [0.15, 0.2) is 30.3 Å². The van der Waals surface area contributed by atoms with Crippen LogP contribution in [0.3, 0.4) is 0 Å². The summed E-state index contributed by atoms with van der Waals surface area (Å²) in [4.78, 5) is 25.8. The van der Waals surface area contributed by atoms with Gasteiger partial charge in [0.25, 0.3) is 0 Å². The predicted octanol–water partition coefficient (Wildman–Crippen LogP) is 1.81. The molecule has 2 N–H and O–H groups in total. The van der Waals surface area contributed by atoms with Crippen LogP contribution in [0.4, 0.5) is 4.79 Å². The smallest absolute Gasteiger partial charge is 0.315 e. The second-order valence-corrected chi connectivity index (χ2v) is 5.93. The standard InChI is InChI=1S/C16H21N3O2/c1-11(12-5-3-2-4-6-12)19-10-14(9-15(19)20)18-16(21)17-13-7-8-13/h2-6,11,13-14H,7-10H2,1H3,(H2,17,18,21). The first kappa shape index (κ1) is 13.9. The zero-order valence-electron chi connectivity index (χ0n) is 12.2. The summed E-state index contributed by atoms with van der Waals surface area (Å²) in [6.45, 7) is 2.60. The maximum atomic E-state index is 12.2. The Labute approximate surface area is 124 Å². The summed E-state index contributed by atoms with van der Waals surface area (Å²) >= 11 is 0. The minimum absolute atomic E-state index is 0.0389. The van der Waals surface area contributed by atoms with Gasteiger partial charge in [-0.25, -0.2) is 4.79 Å². The molecule has 0 spiro atoms. The lowest BCUT2D eigenvalue weighted by molar-refractivity contribution is -0.129. The number of hydrogen-bond donors (Lipinski definition) is 2. The summed E-state index contributed by atoms with van der Waals surface area (Å²) in [6, 6.07) is 10.1. The number of carbonyl (C=O) groups is 2. The fourth-order valence-corrected chi connectivity index (χ4v) is 2.75. The number of carbonyl (C=O) groups excluding carboxylic acids is 2. The highest BCUT2D eigenvalue weighted by Gasteiger charge is 2.34. The fourth-order valence-electron chi connectivity index (χ4n) is 2.75. The van der Waals surface area contributed by atoms with Crippen molar-refractivity contribution >= 4 is 11.9 Å². The summed E-state index contributed by atoms with van der Waals surface area (Å²) in [6.07, 6.45) is 2.51. The Kier molecular flexibility index (Phi) is 3.82. The molecule has 1 heterocycles. The number of hydrogen-bond acceptors (Lipinski definition) is 2. The van der Waals surface area contributed by atoms with Crippen molar-refractivity contribution < 1.29 is 9.59 Å². The molecule has 21 heavy (non-hydrogen) atoms. The van der Waals surface area contributed by atoms with Crippen molar-refractivity contribution in [2.24, 2.45) is 0 Å². The Morgan fingerprint density at radius 1 is 1.19 bits per heavy atom. The monoisotopic (exact) mass is 287 g/mol. The number of urea groups is 1. The van der Waals surface area contributed by atoms with E-state index in [1.165, 1.54) is 0 Å². The average Bonchev–Trinajstić information content (AvgIpc) is 3.21. The highest BCUT2D eigenvalue weighted by molar-refractivity contribution is 5.82. The Morgan fingerprint density at radius 2 is 1.86 bits per heavy atom. The molecule has 3 rings (SSSR count). The van der Waals surface area contributed by atoms with Crippen molar-refractivity contribution in [3.05, 3.63) is 35.9 Å². The molecule has 1 saturated carbocycles. The molecular formula is C16H21N3O2. The van der Waals surface area contributed by atoms with E-state index < -0.39 is 0 Å². The van der Waals surface area contributed by atoms with Crippen LogP contribution in [-0.4, -0.2) is 35.5 Å². The number of likely N-dealkylation sites (tertiary alicyclic amines) is 1.